The molecular formula is C11H15NO. The molecule has 1 aliphatic carbocycles. The van der Waals surface area contributed by atoms with Crippen LogP contribution >= 0.6 is 0 Å². The van der Waals surface area contributed by atoms with E-state index in [2.05, 4.69) is 12.1 Å². The molecule has 2 heteroatoms. The molecule has 0 fully saturated rings. The molecule has 0 amide bonds. The maximum Gasteiger partial charge on any atom is 0.0434 e. The van der Waals surface area contributed by atoms with Gasteiger partial charge in [0, 0.05) is 12.6 Å². The Morgan fingerprint density at radius 1 is 1.38 bits per heavy atom. The van der Waals surface area contributed by atoms with E-state index in [9.17, 15) is 0 Å². The van der Waals surface area contributed by atoms with E-state index in [1.807, 2.05) is 12.1 Å². The number of nitrogens with two attached hydrogens (primary N) is 1. The second kappa shape index (κ2) is 3.48. The molecule has 2 nitrogen and oxygen atoms in total. The minimum Gasteiger partial charge on any atom is -0.396 e. The quantitative estimate of drug-likeness (QED) is 0.714. The molecule has 2 atom stereocenters. The Morgan fingerprint density at radius 2 is 2.15 bits per heavy atom. The first-order valence-corrected chi connectivity index (χ1v) is 4.77. The van der Waals surface area contributed by atoms with Gasteiger partial charge in [0.05, 0.1) is 0 Å². The Hall–Kier alpha value is -0.860. The van der Waals surface area contributed by atoms with Crippen LogP contribution in [-0.4, -0.2) is 11.7 Å². The highest BCUT2D eigenvalue weighted by Crippen LogP contribution is 2.35. The van der Waals surface area contributed by atoms with Crippen molar-refractivity contribution in [2.45, 2.75) is 18.9 Å². The zero-order valence-electron chi connectivity index (χ0n) is 7.61. The van der Waals surface area contributed by atoms with Gasteiger partial charge in [-0.3, -0.25) is 0 Å². The third-order valence-electron chi connectivity index (χ3n) is 2.90. The monoisotopic (exact) mass is 177 g/mol. The van der Waals surface area contributed by atoms with E-state index in [0.717, 1.165) is 12.8 Å². The van der Waals surface area contributed by atoms with Gasteiger partial charge in [-0.1, -0.05) is 24.3 Å². The van der Waals surface area contributed by atoms with E-state index in [0.29, 0.717) is 5.92 Å². The number of aliphatic hydroxyl groups excluding tert-OH is 1. The van der Waals surface area contributed by atoms with Gasteiger partial charge >= 0.3 is 0 Å². The van der Waals surface area contributed by atoms with Crippen molar-refractivity contribution in [2.24, 2.45) is 11.7 Å². The molecule has 0 bridgehead atoms. The van der Waals surface area contributed by atoms with Crippen molar-refractivity contribution in [1.29, 1.82) is 0 Å². The highest BCUT2D eigenvalue weighted by atomic mass is 16.3. The maximum atomic E-state index is 8.87. The van der Waals surface area contributed by atoms with Crippen LogP contribution in [0.4, 0.5) is 0 Å². The van der Waals surface area contributed by atoms with Gasteiger partial charge in [-0.2, -0.15) is 0 Å². The Morgan fingerprint density at radius 3 is 2.85 bits per heavy atom. The lowest BCUT2D eigenvalue weighted by Crippen LogP contribution is -2.17. The lowest BCUT2D eigenvalue weighted by molar-refractivity contribution is 0.248. The molecule has 1 aliphatic rings. The normalized spacial score (nSPS) is 26.0. The largest absolute Gasteiger partial charge is 0.396 e. The highest BCUT2D eigenvalue weighted by molar-refractivity contribution is 5.35. The van der Waals surface area contributed by atoms with Crippen molar-refractivity contribution in [1.82, 2.24) is 0 Å². The molecule has 0 spiro atoms. The summed E-state index contributed by atoms with van der Waals surface area (Å²) in [5.41, 5.74) is 8.69. The van der Waals surface area contributed by atoms with E-state index in [4.69, 9.17) is 10.8 Å². The summed E-state index contributed by atoms with van der Waals surface area (Å²) in [6, 6.07) is 8.43. The van der Waals surface area contributed by atoms with Crippen molar-refractivity contribution in [3.63, 3.8) is 0 Å². The van der Waals surface area contributed by atoms with E-state index in [1.165, 1.54) is 11.1 Å². The summed E-state index contributed by atoms with van der Waals surface area (Å²) < 4.78 is 0. The molecule has 3 N–H and O–H groups in total. The van der Waals surface area contributed by atoms with Crippen LogP contribution in [0.25, 0.3) is 0 Å². The average molecular weight is 177 g/mol. The number of benzene rings is 1. The summed E-state index contributed by atoms with van der Waals surface area (Å²) in [5, 5.41) is 8.87. The molecule has 0 aromatic heterocycles. The molecule has 13 heavy (non-hydrogen) atoms. The van der Waals surface area contributed by atoms with E-state index in [1.54, 1.807) is 0 Å². The molecular weight excluding hydrogens is 162 g/mol. The molecule has 1 aromatic carbocycles. The molecule has 70 valence electrons. The predicted octanol–water partition coefficient (Wildman–Crippen LogP) is 1.24. The minimum atomic E-state index is 0.128. The third kappa shape index (κ3) is 1.47. The fourth-order valence-electron chi connectivity index (χ4n) is 2.16. The standard InChI is InChI=1S/C11H15NO/c12-11-9(5-6-13)7-8-3-1-2-4-10(8)11/h1-4,9,11,13H,5-7,12H2/t9-,11+/m0/s1. The lowest BCUT2D eigenvalue weighted by atomic mass is 9.98. The van der Waals surface area contributed by atoms with Crippen molar-refractivity contribution >= 4 is 0 Å². The predicted molar refractivity (Wildman–Crippen MR) is 52.3 cm³/mol. The molecule has 0 saturated heterocycles. The third-order valence-corrected chi connectivity index (χ3v) is 2.90. The lowest BCUT2D eigenvalue weighted by Gasteiger charge is -2.13. The van der Waals surface area contributed by atoms with Gasteiger partial charge in [-0.15, -0.1) is 0 Å². The van der Waals surface area contributed by atoms with Gasteiger partial charge in [-0.05, 0) is 29.9 Å². The van der Waals surface area contributed by atoms with E-state index in [-0.39, 0.29) is 12.6 Å². The number of hydrogen-bond acceptors (Lipinski definition) is 2. The minimum absolute atomic E-state index is 0.128. The van der Waals surface area contributed by atoms with Crippen LogP contribution in [0.5, 0.6) is 0 Å². The molecule has 1 aromatic rings. The van der Waals surface area contributed by atoms with E-state index >= 15 is 0 Å². The topological polar surface area (TPSA) is 46.2 Å². The number of hydrogen-bond donors (Lipinski definition) is 2. The van der Waals surface area contributed by atoms with Gasteiger partial charge in [0.2, 0.25) is 0 Å². The van der Waals surface area contributed by atoms with E-state index < -0.39 is 0 Å². The Balaban J connectivity index is 2.22. The summed E-state index contributed by atoms with van der Waals surface area (Å²) >= 11 is 0. The van der Waals surface area contributed by atoms with Gasteiger partial charge in [0.1, 0.15) is 0 Å². The molecule has 0 radical (unpaired) electrons. The summed E-state index contributed by atoms with van der Waals surface area (Å²) in [6.45, 7) is 0.242. The fourth-order valence-corrected chi connectivity index (χ4v) is 2.16. The van der Waals surface area contributed by atoms with Crippen LogP contribution in [0, 0.1) is 5.92 Å². The highest BCUT2D eigenvalue weighted by Gasteiger charge is 2.28. The first-order valence-electron chi connectivity index (χ1n) is 4.77. The average Bonchev–Trinajstić information content (AvgIpc) is 2.46. The maximum absolute atomic E-state index is 8.87. The van der Waals surface area contributed by atoms with Crippen molar-refractivity contribution in [3.8, 4) is 0 Å². The first kappa shape index (κ1) is 8.73. The van der Waals surface area contributed by atoms with Crippen molar-refractivity contribution in [3.05, 3.63) is 35.4 Å². The van der Waals surface area contributed by atoms with Crippen LogP contribution in [0.1, 0.15) is 23.6 Å². The molecule has 0 aliphatic heterocycles. The van der Waals surface area contributed by atoms with Crippen LogP contribution in [-0.2, 0) is 6.42 Å². The van der Waals surface area contributed by atoms with Crippen LogP contribution in [0.3, 0.4) is 0 Å². The fraction of sp³-hybridized carbons (Fsp3) is 0.455. The Labute approximate surface area is 78.4 Å². The van der Waals surface area contributed by atoms with Gasteiger partial charge in [0.15, 0.2) is 0 Å². The molecule has 2 rings (SSSR count). The zero-order valence-corrected chi connectivity index (χ0v) is 7.61. The number of fused-ring (bicyclic) bond motifs is 1. The molecule has 0 heterocycles. The van der Waals surface area contributed by atoms with Gasteiger partial charge < -0.3 is 10.8 Å². The summed E-state index contributed by atoms with van der Waals surface area (Å²) in [4.78, 5) is 0. The van der Waals surface area contributed by atoms with Crippen molar-refractivity contribution < 1.29 is 5.11 Å². The summed E-state index contributed by atoms with van der Waals surface area (Å²) in [6.07, 6.45) is 1.84. The summed E-state index contributed by atoms with van der Waals surface area (Å²) in [7, 11) is 0. The smallest absolute Gasteiger partial charge is 0.0434 e. The Bertz CT molecular complexity index is 298. The second-order valence-electron chi connectivity index (χ2n) is 3.70. The number of aliphatic hydroxyl groups is 1. The van der Waals surface area contributed by atoms with Gasteiger partial charge in [0.25, 0.3) is 0 Å². The molecule has 0 saturated carbocycles. The molecule has 0 unspecified atom stereocenters. The SMILES string of the molecule is N[C@H]1c2ccccc2C[C@@H]1CCO. The zero-order chi connectivity index (χ0) is 9.26. The van der Waals surface area contributed by atoms with Crippen LogP contribution in [0.15, 0.2) is 24.3 Å². The first-order chi connectivity index (χ1) is 6.33. The summed E-state index contributed by atoms with van der Waals surface area (Å²) in [5.74, 6) is 0.433. The Kier molecular flexibility index (Phi) is 2.34. The van der Waals surface area contributed by atoms with Crippen LogP contribution < -0.4 is 5.73 Å². The number of rotatable bonds is 2. The second-order valence-corrected chi connectivity index (χ2v) is 3.70. The van der Waals surface area contributed by atoms with Crippen molar-refractivity contribution in [2.75, 3.05) is 6.61 Å². The van der Waals surface area contributed by atoms with Gasteiger partial charge in [-0.25, -0.2) is 0 Å². The van der Waals surface area contributed by atoms with Crippen LogP contribution in [0.2, 0.25) is 0 Å².